The van der Waals surface area contributed by atoms with Gasteiger partial charge in [-0.05, 0) is 173 Å². The summed E-state index contributed by atoms with van der Waals surface area (Å²) in [4.78, 5) is 7.72. The van der Waals surface area contributed by atoms with Crippen molar-refractivity contribution in [1.29, 1.82) is 0 Å². The maximum absolute atomic E-state index is 6.71. The normalized spacial score (nSPS) is 14.3. The molecular formula is C79H76BN3O. The molecule has 0 amide bonds. The number of benzene rings is 10. The maximum atomic E-state index is 6.71. The average Bonchev–Trinajstić information content (AvgIpc) is 0.906. The lowest BCUT2D eigenvalue weighted by Gasteiger charge is -2.46. The summed E-state index contributed by atoms with van der Waals surface area (Å²) in [5.41, 5.74) is 28.2. The summed E-state index contributed by atoms with van der Waals surface area (Å²) in [6, 6.07) is 78.8. The van der Waals surface area contributed by atoms with Gasteiger partial charge in [-0.15, -0.1) is 0 Å². The fraction of sp³-hybridized carbons (Fsp3) is 0.241. The molecule has 0 unspecified atom stereocenters. The fourth-order valence-electron chi connectivity index (χ4n) is 13.9. The Labute approximate surface area is 498 Å². The van der Waals surface area contributed by atoms with E-state index in [0.29, 0.717) is 0 Å². The number of furan rings is 1. The lowest BCUT2D eigenvalue weighted by molar-refractivity contribution is 0.590. The van der Waals surface area contributed by atoms with E-state index in [-0.39, 0.29) is 33.8 Å². The SMILES string of the molecule is CC(C)(C)c1ccc(N(c2ccc3c(c2)N(c2ccc4c(c2)C(C)(C)c2ccccc2-4)c2cc(C(C)(C)C)cc4c2B3c2cc(C(C)(C)C)ccc2N4c2ccc3c(c2)oc2ccccc23)c2ccc(C(C)(C)C)cc2-c2ccccc2)cc1. The second-order valence-electron chi connectivity index (χ2n) is 28.7. The van der Waals surface area contributed by atoms with Gasteiger partial charge in [0.15, 0.2) is 0 Å². The molecule has 4 nitrogen and oxygen atoms in total. The predicted molar refractivity (Wildman–Crippen MR) is 360 cm³/mol. The Kier molecular flexibility index (Phi) is 11.9. The van der Waals surface area contributed by atoms with Crippen molar-refractivity contribution in [3.63, 3.8) is 0 Å². The van der Waals surface area contributed by atoms with Gasteiger partial charge in [0.25, 0.3) is 6.71 Å². The second kappa shape index (κ2) is 18.7. The Morgan fingerprint density at radius 3 is 1.67 bits per heavy atom. The van der Waals surface area contributed by atoms with Crippen LogP contribution in [0.3, 0.4) is 0 Å². The Balaban J connectivity index is 1.08. The summed E-state index contributed by atoms with van der Waals surface area (Å²) in [6.07, 6.45) is 0. The molecule has 416 valence electrons. The van der Waals surface area contributed by atoms with Crippen molar-refractivity contribution < 1.29 is 4.42 Å². The molecule has 0 N–H and O–H groups in total. The van der Waals surface area contributed by atoms with Crippen LogP contribution >= 0.6 is 0 Å². The number of para-hydroxylation sites is 1. The smallest absolute Gasteiger partial charge is 0.252 e. The molecule has 0 atom stereocenters. The number of hydrogen-bond acceptors (Lipinski definition) is 4. The van der Waals surface area contributed by atoms with Gasteiger partial charge in [-0.1, -0.05) is 212 Å². The van der Waals surface area contributed by atoms with E-state index in [0.717, 1.165) is 50.4 Å². The first-order valence-corrected chi connectivity index (χ1v) is 30.3. The van der Waals surface area contributed by atoms with Gasteiger partial charge < -0.3 is 19.1 Å². The molecule has 5 heteroatoms. The average molecular weight is 1090 g/mol. The number of anilines is 9. The van der Waals surface area contributed by atoms with Gasteiger partial charge in [-0.3, -0.25) is 0 Å². The number of rotatable bonds is 6. The predicted octanol–water partition coefficient (Wildman–Crippen LogP) is 20.3. The van der Waals surface area contributed by atoms with E-state index in [1.54, 1.807) is 0 Å². The van der Waals surface area contributed by atoms with Crippen molar-refractivity contribution in [2.45, 2.75) is 124 Å². The molecule has 0 radical (unpaired) electrons. The minimum absolute atomic E-state index is 0.0118. The third kappa shape index (κ3) is 8.55. The monoisotopic (exact) mass is 1090 g/mol. The molecule has 3 heterocycles. The molecule has 0 saturated carbocycles. The van der Waals surface area contributed by atoms with Crippen molar-refractivity contribution in [3.05, 3.63) is 240 Å². The van der Waals surface area contributed by atoms with Crippen LogP contribution in [0.15, 0.2) is 211 Å². The minimum Gasteiger partial charge on any atom is -0.456 e. The molecule has 14 rings (SSSR count). The Morgan fingerprint density at radius 2 is 0.952 bits per heavy atom. The Hall–Kier alpha value is -8.54. The van der Waals surface area contributed by atoms with Crippen LogP contribution in [-0.2, 0) is 27.1 Å². The van der Waals surface area contributed by atoms with E-state index < -0.39 is 0 Å². The zero-order valence-corrected chi connectivity index (χ0v) is 51.5. The van der Waals surface area contributed by atoms with Crippen LogP contribution in [0.4, 0.5) is 51.2 Å². The molecule has 0 saturated heterocycles. The lowest BCUT2D eigenvalue weighted by Crippen LogP contribution is -2.61. The second-order valence-corrected chi connectivity index (χ2v) is 28.7. The number of fused-ring (bicyclic) bond motifs is 10. The number of nitrogens with zero attached hydrogens (tertiary/aromatic N) is 3. The van der Waals surface area contributed by atoms with E-state index in [4.69, 9.17) is 4.42 Å². The van der Waals surface area contributed by atoms with Gasteiger partial charge in [0.05, 0.1) is 5.69 Å². The summed E-state index contributed by atoms with van der Waals surface area (Å²) in [5, 5.41) is 2.25. The van der Waals surface area contributed by atoms with Crippen LogP contribution < -0.4 is 31.1 Å². The molecule has 2 aliphatic heterocycles. The third-order valence-corrected chi connectivity index (χ3v) is 18.7. The quantitative estimate of drug-likeness (QED) is 0.155. The third-order valence-electron chi connectivity index (χ3n) is 18.7. The first-order valence-electron chi connectivity index (χ1n) is 30.3. The molecule has 1 aliphatic carbocycles. The molecule has 0 fully saturated rings. The zero-order valence-electron chi connectivity index (χ0n) is 51.5. The van der Waals surface area contributed by atoms with Crippen LogP contribution in [0.5, 0.6) is 0 Å². The molecule has 11 aromatic rings. The summed E-state index contributed by atoms with van der Waals surface area (Å²) >= 11 is 0. The highest BCUT2D eigenvalue weighted by molar-refractivity contribution is 7.00. The van der Waals surface area contributed by atoms with Crippen LogP contribution in [0, 0.1) is 0 Å². The molecule has 84 heavy (non-hydrogen) atoms. The van der Waals surface area contributed by atoms with Gasteiger partial charge in [0.2, 0.25) is 0 Å². The first kappa shape index (κ1) is 53.5. The molecule has 10 aromatic carbocycles. The molecule has 0 spiro atoms. The van der Waals surface area contributed by atoms with E-state index >= 15 is 0 Å². The zero-order chi connectivity index (χ0) is 58.6. The molecular weight excluding hydrogens is 1020 g/mol. The topological polar surface area (TPSA) is 22.9 Å². The van der Waals surface area contributed by atoms with E-state index in [2.05, 4.69) is 318 Å². The summed E-state index contributed by atoms with van der Waals surface area (Å²) in [6.45, 7) is 32.7. The van der Waals surface area contributed by atoms with Crippen molar-refractivity contribution >= 4 is 96.2 Å². The van der Waals surface area contributed by atoms with Crippen LogP contribution in [-0.4, -0.2) is 6.71 Å². The van der Waals surface area contributed by atoms with E-state index in [1.165, 1.54) is 94.8 Å². The van der Waals surface area contributed by atoms with Crippen molar-refractivity contribution in [1.82, 2.24) is 0 Å². The van der Waals surface area contributed by atoms with Crippen LogP contribution in [0.2, 0.25) is 0 Å². The summed E-state index contributed by atoms with van der Waals surface area (Å²) in [5.74, 6) is 0. The van der Waals surface area contributed by atoms with Gasteiger partial charge >= 0.3 is 0 Å². The van der Waals surface area contributed by atoms with Gasteiger partial charge in [-0.2, -0.15) is 0 Å². The van der Waals surface area contributed by atoms with Crippen LogP contribution in [0.1, 0.15) is 130 Å². The minimum atomic E-state index is -0.213. The van der Waals surface area contributed by atoms with Crippen LogP contribution in [0.25, 0.3) is 44.2 Å². The Morgan fingerprint density at radius 1 is 0.381 bits per heavy atom. The van der Waals surface area contributed by atoms with Gasteiger partial charge in [0, 0.05) is 73.3 Å². The molecule has 3 aliphatic rings. The Bertz CT molecular complexity index is 4460. The lowest BCUT2D eigenvalue weighted by atomic mass is 9.33. The number of hydrogen-bond donors (Lipinski definition) is 0. The highest BCUT2D eigenvalue weighted by Gasteiger charge is 2.46. The highest BCUT2D eigenvalue weighted by atomic mass is 16.3. The van der Waals surface area contributed by atoms with Crippen molar-refractivity contribution in [3.8, 4) is 22.3 Å². The van der Waals surface area contributed by atoms with Crippen molar-refractivity contribution in [2.75, 3.05) is 14.7 Å². The first-order chi connectivity index (χ1) is 39.9. The molecule has 1 aromatic heterocycles. The van der Waals surface area contributed by atoms with Crippen molar-refractivity contribution in [2.24, 2.45) is 0 Å². The van der Waals surface area contributed by atoms with E-state index in [1.807, 2.05) is 0 Å². The molecule has 0 bridgehead atoms. The van der Waals surface area contributed by atoms with E-state index in [9.17, 15) is 0 Å². The largest absolute Gasteiger partial charge is 0.456 e. The summed E-state index contributed by atoms with van der Waals surface area (Å²) < 4.78 is 6.71. The highest BCUT2D eigenvalue weighted by Crippen LogP contribution is 2.54. The standard InChI is InChI=1S/C79H76BN3O/c1-75(2,3)50-28-32-54(33-29-50)81(67-40-30-51(76(4,5)6)42-62(67)49-22-16-15-17-23-49)56-36-39-65-69(47-56)83(55-34-37-59-58-24-18-20-26-63(58)79(13,14)64(59)46-55)71-45-53(78(10,11)12)44-70-74(71)80(65)66-43-52(77(7,8)9)31-41-68(66)82(70)57-35-38-61-60-25-19-21-27-72(60)84-73(61)48-57/h15-48H,1-14H3. The fourth-order valence-corrected chi connectivity index (χ4v) is 13.9. The van der Waals surface area contributed by atoms with Gasteiger partial charge in [-0.25, -0.2) is 0 Å². The maximum Gasteiger partial charge on any atom is 0.252 e. The van der Waals surface area contributed by atoms with Gasteiger partial charge in [0.1, 0.15) is 11.2 Å². The summed E-state index contributed by atoms with van der Waals surface area (Å²) in [7, 11) is 0.